The molecule has 0 amide bonds. The smallest absolute Gasteiger partial charge is 0.455 e. The van der Waals surface area contributed by atoms with Gasteiger partial charge in [-0.2, -0.15) is 22.0 Å². The highest BCUT2D eigenvalue weighted by molar-refractivity contribution is 5.45. The van der Waals surface area contributed by atoms with Crippen molar-refractivity contribution in [1.82, 2.24) is 0 Å². The van der Waals surface area contributed by atoms with Crippen LogP contribution in [0.5, 0.6) is 5.75 Å². The zero-order chi connectivity index (χ0) is 18.8. The Morgan fingerprint density at radius 2 is 1.48 bits per heavy atom. The van der Waals surface area contributed by atoms with Gasteiger partial charge in [-0.25, -0.2) is 0 Å². The molecule has 0 heterocycles. The summed E-state index contributed by atoms with van der Waals surface area (Å²) < 4.78 is 70.1. The third kappa shape index (κ3) is 4.10. The molecule has 0 radical (unpaired) electrons. The second-order valence-electron chi connectivity index (χ2n) is 5.86. The summed E-state index contributed by atoms with van der Waals surface area (Å²) in [7, 11) is 0. The van der Waals surface area contributed by atoms with E-state index in [4.69, 9.17) is 10.5 Å². The molecule has 0 spiro atoms. The van der Waals surface area contributed by atoms with Gasteiger partial charge in [-0.05, 0) is 36.1 Å². The normalized spacial score (nSPS) is 13.6. The minimum atomic E-state index is -5.71. The molecule has 1 atom stereocenters. The fraction of sp³-hybridized carbons (Fsp3) is 0.333. The van der Waals surface area contributed by atoms with E-state index in [9.17, 15) is 22.0 Å². The van der Waals surface area contributed by atoms with Crippen LogP contribution < -0.4 is 10.5 Å². The molecule has 0 bridgehead atoms. The van der Waals surface area contributed by atoms with Gasteiger partial charge in [-0.15, -0.1) is 0 Å². The van der Waals surface area contributed by atoms with Crippen molar-refractivity contribution in [3.63, 3.8) is 0 Å². The Labute approximate surface area is 142 Å². The van der Waals surface area contributed by atoms with Gasteiger partial charge in [0.25, 0.3) is 0 Å². The van der Waals surface area contributed by atoms with E-state index in [0.29, 0.717) is 16.9 Å². The third-order valence-corrected chi connectivity index (χ3v) is 3.84. The molecular weight excluding hydrogens is 341 g/mol. The van der Waals surface area contributed by atoms with Crippen LogP contribution in [-0.2, 0) is 6.61 Å². The first kappa shape index (κ1) is 19.2. The number of ether oxygens (including phenoxy) is 1. The molecule has 2 nitrogen and oxygen atoms in total. The zero-order valence-corrected chi connectivity index (χ0v) is 13.7. The lowest BCUT2D eigenvalue weighted by molar-refractivity contribution is -0.291. The van der Waals surface area contributed by atoms with Gasteiger partial charge in [0.15, 0.2) is 0 Å². The Balaban J connectivity index is 2.25. The van der Waals surface area contributed by atoms with Gasteiger partial charge in [0, 0.05) is 0 Å². The maximum absolute atomic E-state index is 13.5. The van der Waals surface area contributed by atoms with E-state index in [2.05, 4.69) is 0 Å². The van der Waals surface area contributed by atoms with Crippen molar-refractivity contribution < 1.29 is 26.7 Å². The molecule has 2 aromatic carbocycles. The van der Waals surface area contributed by atoms with E-state index in [0.717, 1.165) is 5.56 Å². The molecule has 0 fully saturated rings. The van der Waals surface area contributed by atoms with Crippen LogP contribution in [0.4, 0.5) is 22.0 Å². The summed E-state index contributed by atoms with van der Waals surface area (Å²) in [5, 5.41) is 0. The molecule has 0 aliphatic heterocycles. The maximum Gasteiger partial charge on any atom is 0.455 e. The van der Waals surface area contributed by atoms with Crippen molar-refractivity contribution >= 4 is 0 Å². The molecule has 0 saturated heterocycles. The number of hydrogen-bond acceptors (Lipinski definition) is 2. The quantitative estimate of drug-likeness (QED) is 0.756. The van der Waals surface area contributed by atoms with Crippen LogP contribution in [0, 0.1) is 13.8 Å². The molecule has 2 rings (SSSR count). The fourth-order valence-electron chi connectivity index (χ4n) is 2.51. The standard InChI is InChI=1S/C18H18F5NO/c1-11-8-14(16(24)17(19,20)18(21,22)23)9-12(2)15(11)25-10-13-6-4-3-5-7-13/h3-9,16H,10,24H2,1-2H3/t16-/m1/s1. The van der Waals surface area contributed by atoms with Gasteiger partial charge in [0.05, 0.1) is 0 Å². The summed E-state index contributed by atoms with van der Waals surface area (Å²) in [5.41, 5.74) is 6.71. The zero-order valence-electron chi connectivity index (χ0n) is 13.7. The second kappa shape index (κ2) is 7.00. The van der Waals surface area contributed by atoms with Crippen LogP contribution in [0.2, 0.25) is 0 Å². The summed E-state index contributed by atoms with van der Waals surface area (Å²) in [4.78, 5) is 0. The predicted molar refractivity (Wildman–Crippen MR) is 84.6 cm³/mol. The molecule has 2 aromatic rings. The van der Waals surface area contributed by atoms with Crippen LogP contribution >= 0.6 is 0 Å². The molecule has 0 aliphatic rings. The average Bonchev–Trinajstić information content (AvgIpc) is 2.53. The van der Waals surface area contributed by atoms with E-state index in [1.165, 1.54) is 12.1 Å². The minimum Gasteiger partial charge on any atom is -0.488 e. The summed E-state index contributed by atoms with van der Waals surface area (Å²) in [6.07, 6.45) is -5.71. The topological polar surface area (TPSA) is 35.2 Å². The van der Waals surface area contributed by atoms with Gasteiger partial charge < -0.3 is 10.5 Å². The molecule has 25 heavy (non-hydrogen) atoms. The minimum absolute atomic E-state index is 0.257. The fourth-order valence-corrected chi connectivity index (χ4v) is 2.51. The summed E-state index contributed by atoms with van der Waals surface area (Å²) in [6, 6.07) is 9.21. The van der Waals surface area contributed by atoms with E-state index >= 15 is 0 Å². The summed E-state index contributed by atoms with van der Waals surface area (Å²) >= 11 is 0. The Morgan fingerprint density at radius 1 is 0.960 bits per heavy atom. The van der Waals surface area contributed by atoms with Gasteiger partial charge in [-0.1, -0.05) is 42.5 Å². The first-order valence-corrected chi connectivity index (χ1v) is 7.52. The van der Waals surface area contributed by atoms with Gasteiger partial charge in [0.1, 0.15) is 18.4 Å². The van der Waals surface area contributed by atoms with Crippen molar-refractivity contribution in [1.29, 1.82) is 0 Å². The average molecular weight is 359 g/mol. The first-order valence-electron chi connectivity index (χ1n) is 7.52. The van der Waals surface area contributed by atoms with Crippen LogP contribution in [-0.4, -0.2) is 12.1 Å². The van der Waals surface area contributed by atoms with Gasteiger partial charge in [0.2, 0.25) is 0 Å². The molecule has 0 unspecified atom stereocenters. The van der Waals surface area contributed by atoms with E-state index in [1.807, 2.05) is 30.3 Å². The Kier molecular flexibility index (Phi) is 5.37. The molecule has 136 valence electrons. The summed E-state index contributed by atoms with van der Waals surface area (Å²) in [5.74, 6) is -4.58. The van der Waals surface area contributed by atoms with Crippen molar-refractivity contribution in [2.45, 2.75) is 38.6 Å². The number of benzene rings is 2. The van der Waals surface area contributed by atoms with Crippen LogP contribution in [0.3, 0.4) is 0 Å². The highest BCUT2D eigenvalue weighted by Crippen LogP contribution is 2.44. The Hall–Kier alpha value is -2.15. The molecule has 0 aromatic heterocycles. The first-order chi connectivity index (χ1) is 11.5. The lowest BCUT2D eigenvalue weighted by Gasteiger charge is -2.27. The molecule has 0 saturated carbocycles. The molecule has 7 heteroatoms. The SMILES string of the molecule is Cc1cc([C@@H](N)C(F)(F)C(F)(F)F)cc(C)c1OCc1ccccc1. The lowest BCUT2D eigenvalue weighted by Crippen LogP contribution is -2.45. The molecule has 0 aliphatic carbocycles. The van der Waals surface area contributed by atoms with Crippen molar-refractivity contribution in [2.24, 2.45) is 5.73 Å². The van der Waals surface area contributed by atoms with Crippen LogP contribution in [0.1, 0.15) is 28.3 Å². The highest BCUT2D eigenvalue weighted by Gasteiger charge is 2.61. The largest absolute Gasteiger partial charge is 0.488 e. The third-order valence-electron chi connectivity index (χ3n) is 3.84. The monoisotopic (exact) mass is 359 g/mol. The Morgan fingerprint density at radius 3 is 1.96 bits per heavy atom. The molecule has 2 N–H and O–H groups in total. The van der Waals surface area contributed by atoms with Crippen LogP contribution in [0.15, 0.2) is 42.5 Å². The van der Waals surface area contributed by atoms with Gasteiger partial charge >= 0.3 is 12.1 Å². The number of halogens is 5. The number of aryl methyl sites for hydroxylation is 2. The number of nitrogens with two attached hydrogens (primary N) is 1. The van der Waals surface area contributed by atoms with E-state index in [1.54, 1.807) is 13.8 Å². The molecular formula is C18H18F5NO. The number of hydrogen-bond donors (Lipinski definition) is 1. The van der Waals surface area contributed by atoms with Crippen molar-refractivity contribution in [3.05, 3.63) is 64.7 Å². The Bertz CT molecular complexity index is 705. The van der Waals surface area contributed by atoms with Gasteiger partial charge in [-0.3, -0.25) is 0 Å². The van der Waals surface area contributed by atoms with Crippen molar-refractivity contribution in [3.8, 4) is 5.75 Å². The van der Waals surface area contributed by atoms with E-state index in [-0.39, 0.29) is 12.2 Å². The number of rotatable bonds is 5. The number of alkyl halides is 5. The lowest BCUT2D eigenvalue weighted by atomic mass is 9.96. The summed E-state index contributed by atoms with van der Waals surface area (Å²) in [6.45, 7) is 3.41. The highest BCUT2D eigenvalue weighted by atomic mass is 19.4. The predicted octanol–water partition coefficient (Wildman–Crippen LogP) is 5.08. The van der Waals surface area contributed by atoms with E-state index < -0.39 is 18.1 Å². The maximum atomic E-state index is 13.5. The van der Waals surface area contributed by atoms with Crippen LogP contribution in [0.25, 0.3) is 0 Å². The van der Waals surface area contributed by atoms with Crippen molar-refractivity contribution in [2.75, 3.05) is 0 Å². The second-order valence-corrected chi connectivity index (χ2v) is 5.86.